The standard InChI is InChI=1S/C17H34Cl2O/c1-16(2,3)13-20-14(17(4,5)6)11-9-7-8-10-12-15(18)19/h14-15H,7-13H2,1-6H3. The van der Waals surface area contributed by atoms with Gasteiger partial charge in [0, 0.05) is 0 Å². The van der Waals surface area contributed by atoms with Gasteiger partial charge in [-0.05, 0) is 23.7 Å². The molecule has 0 heterocycles. The Labute approximate surface area is 136 Å². The monoisotopic (exact) mass is 324 g/mol. The average molecular weight is 325 g/mol. The quantitative estimate of drug-likeness (QED) is 0.342. The van der Waals surface area contributed by atoms with Gasteiger partial charge in [0.05, 0.1) is 12.7 Å². The van der Waals surface area contributed by atoms with Crippen LogP contribution >= 0.6 is 23.2 Å². The predicted octanol–water partition coefficient (Wildman–Crippen LogP) is 6.61. The first-order chi connectivity index (χ1) is 9.02. The van der Waals surface area contributed by atoms with Crippen LogP contribution in [-0.2, 0) is 4.74 Å². The smallest absolute Gasteiger partial charge is 0.107 e. The average Bonchev–Trinajstić information content (AvgIpc) is 2.23. The molecule has 0 aliphatic rings. The Balaban J connectivity index is 3.95. The molecule has 0 aromatic rings. The molecule has 0 aromatic heterocycles. The molecule has 3 heteroatoms. The van der Waals surface area contributed by atoms with Crippen molar-refractivity contribution < 1.29 is 4.74 Å². The van der Waals surface area contributed by atoms with Crippen LogP contribution in [-0.4, -0.2) is 17.5 Å². The van der Waals surface area contributed by atoms with Crippen molar-refractivity contribution >= 4 is 23.2 Å². The second kappa shape index (κ2) is 9.54. The van der Waals surface area contributed by atoms with Crippen LogP contribution in [0.3, 0.4) is 0 Å². The largest absolute Gasteiger partial charge is 0.377 e. The lowest BCUT2D eigenvalue weighted by atomic mass is 9.85. The Hall–Kier alpha value is 0.540. The van der Waals surface area contributed by atoms with E-state index < -0.39 is 0 Å². The maximum Gasteiger partial charge on any atom is 0.107 e. The first-order valence-corrected chi connectivity index (χ1v) is 8.79. The Morgan fingerprint density at radius 3 is 1.70 bits per heavy atom. The molecule has 0 saturated carbocycles. The summed E-state index contributed by atoms with van der Waals surface area (Å²) in [5.41, 5.74) is 0.446. The number of ether oxygens (including phenoxy) is 1. The molecule has 0 aliphatic heterocycles. The van der Waals surface area contributed by atoms with Gasteiger partial charge in [0.15, 0.2) is 0 Å². The molecule has 0 bridgehead atoms. The summed E-state index contributed by atoms with van der Waals surface area (Å²) in [6, 6.07) is 0. The third-order valence-electron chi connectivity index (χ3n) is 3.32. The molecule has 0 radical (unpaired) electrons. The van der Waals surface area contributed by atoms with E-state index in [-0.39, 0.29) is 15.7 Å². The molecule has 20 heavy (non-hydrogen) atoms. The molecule has 1 atom stereocenters. The van der Waals surface area contributed by atoms with Crippen LogP contribution in [0.4, 0.5) is 0 Å². The summed E-state index contributed by atoms with van der Waals surface area (Å²) in [6.45, 7) is 14.3. The van der Waals surface area contributed by atoms with Gasteiger partial charge in [-0.15, -0.1) is 23.2 Å². The van der Waals surface area contributed by atoms with Gasteiger partial charge in [-0.3, -0.25) is 0 Å². The maximum absolute atomic E-state index is 6.17. The number of hydrogen-bond acceptors (Lipinski definition) is 1. The first-order valence-electron chi connectivity index (χ1n) is 7.92. The highest BCUT2D eigenvalue weighted by Crippen LogP contribution is 2.29. The molecule has 0 aromatic carbocycles. The van der Waals surface area contributed by atoms with Gasteiger partial charge in [-0.1, -0.05) is 67.2 Å². The van der Waals surface area contributed by atoms with Gasteiger partial charge in [-0.2, -0.15) is 0 Å². The molecule has 0 fully saturated rings. The van der Waals surface area contributed by atoms with Crippen LogP contribution in [0.25, 0.3) is 0 Å². The molecule has 1 unspecified atom stereocenters. The second-order valence-corrected chi connectivity index (χ2v) is 9.39. The molecular weight excluding hydrogens is 291 g/mol. The number of unbranched alkanes of at least 4 members (excludes halogenated alkanes) is 3. The third kappa shape index (κ3) is 12.3. The summed E-state index contributed by atoms with van der Waals surface area (Å²) in [5.74, 6) is 0. The van der Waals surface area contributed by atoms with Crippen LogP contribution in [0.2, 0.25) is 0 Å². The highest BCUT2D eigenvalue weighted by molar-refractivity contribution is 6.44. The number of rotatable bonds is 9. The number of alkyl halides is 2. The van der Waals surface area contributed by atoms with Crippen molar-refractivity contribution in [3.05, 3.63) is 0 Å². The zero-order chi connectivity index (χ0) is 15.8. The van der Waals surface area contributed by atoms with E-state index in [4.69, 9.17) is 27.9 Å². The van der Waals surface area contributed by atoms with Crippen molar-refractivity contribution in [2.24, 2.45) is 10.8 Å². The van der Waals surface area contributed by atoms with E-state index in [2.05, 4.69) is 41.5 Å². The fourth-order valence-corrected chi connectivity index (χ4v) is 2.41. The van der Waals surface area contributed by atoms with Crippen molar-refractivity contribution in [3.8, 4) is 0 Å². The normalized spacial score (nSPS) is 14.8. The Kier molecular flexibility index (Phi) is 9.79. The van der Waals surface area contributed by atoms with E-state index >= 15 is 0 Å². The summed E-state index contributed by atoms with van der Waals surface area (Å²) in [4.78, 5) is -0.201. The van der Waals surface area contributed by atoms with Gasteiger partial charge < -0.3 is 4.74 Å². The summed E-state index contributed by atoms with van der Waals surface area (Å²) in [6.07, 6.45) is 7.20. The fraction of sp³-hybridized carbons (Fsp3) is 1.00. The number of halogens is 2. The molecule has 0 amide bonds. The number of hydrogen-bond donors (Lipinski definition) is 0. The zero-order valence-electron chi connectivity index (χ0n) is 14.3. The van der Waals surface area contributed by atoms with Crippen molar-refractivity contribution in [1.82, 2.24) is 0 Å². The minimum Gasteiger partial charge on any atom is -0.377 e. The minimum absolute atomic E-state index is 0.201. The van der Waals surface area contributed by atoms with E-state index in [9.17, 15) is 0 Å². The Morgan fingerprint density at radius 1 is 0.800 bits per heavy atom. The van der Waals surface area contributed by atoms with Crippen LogP contribution in [0.15, 0.2) is 0 Å². The maximum atomic E-state index is 6.17. The van der Waals surface area contributed by atoms with Crippen molar-refractivity contribution in [2.75, 3.05) is 6.61 Å². The summed E-state index contributed by atoms with van der Waals surface area (Å²) >= 11 is 11.5. The van der Waals surface area contributed by atoms with Gasteiger partial charge in [-0.25, -0.2) is 0 Å². The summed E-state index contributed by atoms with van der Waals surface area (Å²) in [7, 11) is 0. The highest BCUT2D eigenvalue weighted by Gasteiger charge is 2.26. The van der Waals surface area contributed by atoms with Crippen LogP contribution in [0, 0.1) is 10.8 Å². The van der Waals surface area contributed by atoms with Gasteiger partial charge in [0.2, 0.25) is 0 Å². The van der Waals surface area contributed by atoms with Gasteiger partial charge in [0.25, 0.3) is 0 Å². The molecule has 0 saturated heterocycles. The van der Waals surface area contributed by atoms with E-state index in [0.717, 1.165) is 25.9 Å². The Morgan fingerprint density at radius 2 is 1.30 bits per heavy atom. The zero-order valence-corrected chi connectivity index (χ0v) is 15.8. The molecular formula is C17H34Cl2O. The molecule has 0 spiro atoms. The molecule has 122 valence electrons. The fourth-order valence-electron chi connectivity index (χ4n) is 2.10. The van der Waals surface area contributed by atoms with Crippen molar-refractivity contribution in [1.29, 1.82) is 0 Å². The highest BCUT2D eigenvalue weighted by atomic mass is 35.5. The minimum atomic E-state index is -0.201. The first kappa shape index (κ1) is 20.5. The second-order valence-electron chi connectivity index (χ2n) is 8.11. The van der Waals surface area contributed by atoms with Crippen LogP contribution < -0.4 is 0 Å². The summed E-state index contributed by atoms with van der Waals surface area (Å²) < 4.78 is 6.17. The topological polar surface area (TPSA) is 9.23 Å². The van der Waals surface area contributed by atoms with Crippen molar-refractivity contribution in [2.45, 2.75) is 91.0 Å². The molecule has 0 aliphatic carbocycles. The third-order valence-corrected chi connectivity index (χ3v) is 3.76. The summed E-state index contributed by atoms with van der Waals surface area (Å²) in [5, 5.41) is 0. The molecule has 0 rings (SSSR count). The van der Waals surface area contributed by atoms with E-state index in [1.807, 2.05) is 0 Å². The van der Waals surface area contributed by atoms with E-state index in [1.54, 1.807) is 0 Å². The van der Waals surface area contributed by atoms with E-state index in [1.165, 1.54) is 19.3 Å². The lowest BCUT2D eigenvalue weighted by Gasteiger charge is -2.33. The SMILES string of the molecule is CC(C)(C)COC(CCCCCCC(Cl)Cl)C(C)(C)C. The molecule has 1 nitrogen and oxygen atoms in total. The lowest BCUT2D eigenvalue weighted by Crippen LogP contribution is -2.32. The van der Waals surface area contributed by atoms with E-state index in [0.29, 0.717) is 6.10 Å². The predicted molar refractivity (Wildman–Crippen MR) is 91.8 cm³/mol. The van der Waals surface area contributed by atoms with Crippen LogP contribution in [0.1, 0.15) is 80.1 Å². The van der Waals surface area contributed by atoms with Gasteiger partial charge in [0.1, 0.15) is 4.84 Å². The molecule has 0 N–H and O–H groups in total. The Bertz CT molecular complexity index is 238. The van der Waals surface area contributed by atoms with Gasteiger partial charge >= 0.3 is 0 Å². The lowest BCUT2D eigenvalue weighted by molar-refractivity contribution is -0.0523. The van der Waals surface area contributed by atoms with Crippen LogP contribution in [0.5, 0.6) is 0 Å². The van der Waals surface area contributed by atoms with Crippen molar-refractivity contribution in [3.63, 3.8) is 0 Å².